The molecular weight excluding hydrogens is 715 g/mol. The predicted molar refractivity (Wildman–Crippen MR) is 209 cm³/mol. The molecule has 13 nitrogen and oxygen atoms in total. The lowest BCUT2D eigenvalue weighted by atomic mass is 9.86. The van der Waals surface area contributed by atoms with Gasteiger partial charge >= 0.3 is 12.1 Å². The number of unbranched alkanes of at least 4 members (excludes halogenated alkanes) is 1. The van der Waals surface area contributed by atoms with Gasteiger partial charge in [-0.2, -0.15) is 11.8 Å². The molecule has 304 valence electrons. The van der Waals surface area contributed by atoms with Gasteiger partial charge in [-0.05, 0) is 108 Å². The summed E-state index contributed by atoms with van der Waals surface area (Å²) in [6, 6.07) is 3.96. The zero-order valence-electron chi connectivity index (χ0n) is 33.3. The average Bonchev–Trinajstić information content (AvgIpc) is 3.06. The molecule has 5 N–H and O–H groups in total. The first-order valence-electron chi connectivity index (χ1n) is 18.8. The van der Waals surface area contributed by atoms with Crippen LogP contribution >= 0.6 is 11.8 Å². The zero-order chi connectivity index (χ0) is 41.0. The lowest BCUT2D eigenvalue weighted by Gasteiger charge is -2.25. The molecule has 0 aliphatic heterocycles. The number of hydrogen-bond acceptors (Lipinski definition) is 10. The maximum Gasteiger partial charge on any atom is 0.407 e. The van der Waals surface area contributed by atoms with E-state index in [4.69, 9.17) is 4.74 Å². The van der Waals surface area contributed by atoms with Crippen molar-refractivity contribution in [2.45, 2.75) is 130 Å². The minimum atomic E-state index is -1.23. The van der Waals surface area contributed by atoms with Gasteiger partial charge in [-0.3, -0.25) is 19.2 Å². The van der Waals surface area contributed by atoms with Gasteiger partial charge < -0.3 is 35.7 Å². The smallest absolute Gasteiger partial charge is 0.407 e. The molecule has 3 amide bonds. The number of carbonyl (C=O) groups excluding carboxylic acids is 6. The van der Waals surface area contributed by atoms with Crippen LogP contribution in [0.1, 0.15) is 112 Å². The van der Waals surface area contributed by atoms with Gasteiger partial charge in [0.1, 0.15) is 29.0 Å². The van der Waals surface area contributed by atoms with Crippen molar-refractivity contribution in [2.24, 2.45) is 23.7 Å². The molecule has 5 unspecified atom stereocenters. The van der Waals surface area contributed by atoms with Crippen LogP contribution < -0.4 is 16.0 Å². The van der Waals surface area contributed by atoms with Gasteiger partial charge in [-0.1, -0.05) is 32.9 Å². The highest BCUT2D eigenvalue weighted by molar-refractivity contribution is 7.98. The van der Waals surface area contributed by atoms with Crippen LogP contribution in [-0.2, 0) is 39.9 Å². The number of alkyl carbamates (subject to hydrolysis) is 1. The number of Topliss-reactive ketones (excluding diaryl/α,β-unsaturated/α-hetero) is 3. The number of nitrogens with one attached hydrogen (secondary N) is 3. The second-order valence-corrected chi connectivity index (χ2v) is 16.5. The minimum absolute atomic E-state index is 0.00448. The highest BCUT2D eigenvalue weighted by Gasteiger charge is 2.32. The Morgan fingerprint density at radius 1 is 0.815 bits per heavy atom. The van der Waals surface area contributed by atoms with Crippen molar-refractivity contribution < 1.29 is 48.5 Å². The molecule has 1 aromatic rings. The second kappa shape index (κ2) is 24.5. The summed E-state index contributed by atoms with van der Waals surface area (Å²) < 4.78 is 5.19. The number of phenols is 1. The molecule has 0 spiro atoms. The maximum atomic E-state index is 13.9. The van der Waals surface area contributed by atoms with Gasteiger partial charge in [-0.15, -0.1) is 0 Å². The molecule has 0 radical (unpaired) electrons. The van der Waals surface area contributed by atoms with Gasteiger partial charge in [0.05, 0.1) is 6.04 Å². The Balaban J connectivity index is 3.14. The van der Waals surface area contributed by atoms with E-state index in [0.717, 1.165) is 0 Å². The third-order valence-electron chi connectivity index (χ3n) is 8.79. The Morgan fingerprint density at radius 2 is 1.41 bits per heavy atom. The molecule has 0 aliphatic carbocycles. The van der Waals surface area contributed by atoms with Crippen molar-refractivity contribution >= 4 is 53.0 Å². The summed E-state index contributed by atoms with van der Waals surface area (Å²) in [6.07, 6.45) is 2.90. The number of amides is 3. The minimum Gasteiger partial charge on any atom is -0.508 e. The number of aromatic hydroxyl groups is 1. The molecular formula is C40H63N3O10S. The molecule has 0 saturated carbocycles. The first-order valence-corrected chi connectivity index (χ1v) is 20.2. The number of thioether (sulfide) groups is 1. The van der Waals surface area contributed by atoms with E-state index in [2.05, 4.69) is 16.0 Å². The number of hydrogen-bond donors (Lipinski definition) is 5. The quantitative estimate of drug-likeness (QED) is 0.0728. The highest BCUT2D eigenvalue weighted by atomic mass is 32.2. The number of carboxylic acid groups (broad SMARTS) is 1. The Labute approximate surface area is 324 Å². The van der Waals surface area contributed by atoms with Crippen LogP contribution in [0.25, 0.3) is 0 Å². The average molecular weight is 778 g/mol. The van der Waals surface area contributed by atoms with E-state index in [1.54, 1.807) is 32.9 Å². The van der Waals surface area contributed by atoms with Crippen molar-refractivity contribution in [1.82, 2.24) is 16.0 Å². The van der Waals surface area contributed by atoms with E-state index < -0.39 is 59.2 Å². The van der Waals surface area contributed by atoms with Gasteiger partial charge in [0, 0.05) is 43.6 Å². The lowest BCUT2D eigenvalue weighted by molar-refractivity contribution is -0.143. The fourth-order valence-corrected chi connectivity index (χ4v) is 6.42. The summed E-state index contributed by atoms with van der Waals surface area (Å²) in [6.45, 7) is 12.7. The Kier molecular flexibility index (Phi) is 21.8. The topological polar surface area (TPSA) is 205 Å². The molecule has 0 fully saturated rings. The number of benzene rings is 1. The summed E-state index contributed by atoms with van der Waals surface area (Å²) in [4.78, 5) is 90.5. The van der Waals surface area contributed by atoms with E-state index in [-0.39, 0.29) is 80.6 Å². The second-order valence-electron chi connectivity index (χ2n) is 15.5. The molecule has 14 heteroatoms. The molecule has 5 atom stereocenters. The maximum absolute atomic E-state index is 13.9. The van der Waals surface area contributed by atoms with Crippen LogP contribution in [0.2, 0.25) is 0 Å². The van der Waals surface area contributed by atoms with Crippen LogP contribution in [0.5, 0.6) is 5.75 Å². The van der Waals surface area contributed by atoms with E-state index in [9.17, 15) is 43.8 Å². The standard InChI is InChI=1S/C40H63N3O10S/c1-25(2)21-26(3)34(46)24-30(22-28-13-15-31(45)16-14-28)37(49)42-32(17-12-27(4)44)35(47)23-29(18-20-54-8)36(48)43-33(38(50)51)11-9-10-19-41-39(52)53-40(5,6)7/h13-16,25-26,29-30,32-33,45H,9-12,17-24H2,1-8H3,(H,41,52)(H,42,49)(H,43,48)(H,50,51). The number of rotatable bonds is 26. The van der Waals surface area contributed by atoms with Gasteiger partial charge in [0.15, 0.2) is 5.78 Å². The van der Waals surface area contributed by atoms with Crippen LogP contribution in [0.15, 0.2) is 24.3 Å². The van der Waals surface area contributed by atoms with Gasteiger partial charge in [0.2, 0.25) is 11.8 Å². The number of phenolic OH excluding ortho intramolecular Hbond substituents is 1. The van der Waals surface area contributed by atoms with Crippen LogP contribution in [0.3, 0.4) is 0 Å². The molecule has 0 aliphatic rings. The monoisotopic (exact) mass is 777 g/mol. The Bertz CT molecular complexity index is 1390. The number of carbonyl (C=O) groups is 7. The first-order chi connectivity index (χ1) is 25.2. The lowest BCUT2D eigenvalue weighted by Crippen LogP contribution is -2.47. The summed E-state index contributed by atoms with van der Waals surface area (Å²) in [5, 5.41) is 27.6. The van der Waals surface area contributed by atoms with Gasteiger partial charge in [-0.25, -0.2) is 9.59 Å². The van der Waals surface area contributed by atoms with Crippen molar-refractivity contribution in [3.63, 3.8) is 0 Å². The molecule has 0 saturated heterocycles. The number of carboxylic acids is 1. The van der Waals surface area contributed by atoms with Crippen LogP contribution in [0, 0.1) is 23.7 Å². The SMILES string of the molecule is CSCCC(CC(=O)C(CCC(C)=O)NC(=O)C(CC(=O)C(C)CC(C)C)Cc1ccc(O)cc1)C(=O)NC(CCCCNC(=O)OC(C)(C)C)C(=O)O. The Hall–Kier alpha value is -3.94. The van der Waals surface area contributed by atoms with E-state index in [0.29, 0.717) is 30.6 Å². The van der Waals surface area contributed by atoms with Crippen molar-refractivity contribution in [1.29, 1.82) is 0 Å². The van der Waals surface area contributed by atoms with Crippen molar-refractivity contribution in [2.75, 3.05) is 18.6 Å². The van der Waals surface area contributed by atoms with Crippen molar-refractivity contribution in [3.8, 4) is 5.75 Å². The molecule has 54 heavy (non-hydrogen) atoms. The van der Waals surface area contributed by atoms with Crippen LogP contribution in [0.4, 0.5) is 4.79 Å². The largest absolute Gasteiger partial charge is 0.508 e. The predicted octanol–water partition coefficient (Wildman–Crippen LogP) is 5.64. The number of ketones is 3. The Morgan fingerprint density at radius 3 is 1.96 bits per heavy atom. The van der Waals surface area contributed by atoms with Crippen molar-refractivity contribution in [3.05, 3.63) is 29.8 Å². The molecule has 1 aromatic carbocycles. The third-order valence-corrected chi connectivity index (χ3v) is 9.44. The summed E-state index contributed by atoms with van der Waals surface area (Å²) in [5.74, 6) is -4.32. The summed E-state index contributed by atoms with van der Waals surface area (Å²) >= 11 is 1.46. The summed E-state index contributed by atoms with van der Waals surface area (Å²) in [7, 11) is 0. The first kappa shape index (κ1) is 48.1. The highest BCUT2D eigenvalue weighted by Crippen LogP contribution is 2.23. The third kappa shape index (κ3) is 20.5. The number of ether oxygens (including phenoxy) is 1. The molecule has 0 bridgehead atoms. The normalized spacial score (nSPS) is 14.2. The molecule has 1 rings (SSSR count). The molecule has 0 heterocycles. The summed E-state index contributed by atoms with van der Waals surface area (Å²) in [5.41, 5.74) is 0.0594. The zero-order valence-corrected chi connectivity index (χ0v) is 34.1. The van der Waals surface area contributed by atoms with Crippen LogP contribution in [-0.4, -0.2) is 87.7 Å². The van der Waals surface area contributed by atoms with Gasteiger partial charge in [0.25, 0.3) is 0 Å². The van der Waals surface area contributed by atoms with E-state index >= 15 is 0 Å². The fraction of sp³-hybridized carbons (Fsp3) is 0.675. The van der Waals surface area contributed by atoms with E-state index in [1.807, 2.05) is 27.0 Å². The molecule has 0 aromatic heterocycles. The fourth-order valence-electron chi connectivity index (χ4n) is 5.90. The van der Waals surface area contributed by atoms with E-state index in [1.165, 1.54) is 30.8 Å². The number of aliphatic carboxylic acids is 1.